The molecule has 0 amide bonds. The second-order valence-corrected chi connectivity index (χ2v) is 9.40. The van der Waals surface area contributed by atoms with Crippen LogP contribution in [0.5, 0.6) is 0 Å². The zero-order valence-electron chi connectivity index (χ0n) is 15.5. The Morgan fingerprint density at radius 1 is 1.15 bits per heavy atom. The van der Waals surface area contributed by atoms with Crippen LogP contribution in [0, 0.1) is 0 Å². The maximum absolute atomic E-state index is 12.7. The third kappa shape index (κ3) is 4.66. The van der Waals surface area contributed by atoms with E-state index in [2.05, 4.69) is 4.72 Å². The quantitative estimate of drug-likeness (QED) is 0.621. The minimum atomic E-state index is -3.63. The number of nitrogens with zero attached hydrogens (tertiary/aromatic N) is 1. The molecule has 0 bridgehead atoms. The minimum Gasteiger partial charge on any atom is -0.299 e. The Morgan fingerprint density at radius 2 is 1.89 bits per heavy atom. The molecule has 0 aliphatic rings. The smallest absolute Gasteiger partial charge is 0.299 e. The molecule has 3 aromatic rings. The average Bonchev–Trinajstić information content (AvgIpc) is 2.96. The Hall–Kier alpha value is -1.96. The van der Waals surface area contributed by atoms with Crippen molar-refractivity contribution in [1.29, 1.82) is 0 Å². The van der Waals surface area contributed by atoms with Crippen molar-refractivity contribution >= 4 is 31.6 Å². The van der Waals surface area contributed by atoms with Crippen molar-refractivity contribution in [2.45, 2.75) is 50.6 Å². The number of sulfonamides is 1. The van der Waals surface area contributed by atoms with Gasteiger partial charge < -0.3 is 0 Å². The first-order valence-electron chi connectivity index (χ1n) is 9.10. The molecule has 0 aliphatic heterocycles. The predicted molar refractivity (Wildman–Crippen MR) is 111 cm³/mol. The molecule has 0 aliphatic carbocycles. The SMILES string of the molecule is CCCn1c(=O)sc2cc(S(=O)(=O)N[C@H](C)CCc3ccccc3)ccc21. The van der Waals surface area contributed by atoms with Gasteiger partial charge in [-0.1, -0.05) is 48.6 Å². The van der Waals surface area contributed by atoms with E-state index in [4.69, 9.17) is 0 Å². The van der Waals surface area contributed by atoms with Gasteiger partial charge in [0.05, 0.1) is 15.1 Å². The summed E-state index contributed by atoms with van der Waals surface area (Å²) in [5.41, 5.74) is 1.98. The lowest BCUT2D eigenvalue weighted by Crippen LogP contribution is -2.32. The van der Waals surface area contributed by atoms with Gasteiger partial charge in [0, 0.05) is 12.6 Å². The summed E-state index contributed by atoms with van der Waals surface area (Å²) in [6, 6.07) is 14.7. The van der Waals surface area contributed by atoms with Crippen molar-refractivity contribution < 1.29 is 8.42 Å². The molecule has 0 saturated carbocycles. The Balaban J connectivity index is 1.75. The zero-order valence-corrected chi connectivity index (χ0v) is 17.1. The van der Waals surface area contributed by atoms with E-state index in [9.17, 15) is 13.2 Å². The van der Waals surface area contributed by atoms with E-state index in [0.717, 1.165) is 29.7 Å². The highest BCUT2D eigenvalue weighted by atomic mass is 32.2. The van der Waals surface area contributed by atoms with Crippen LogP contribution in [-0.4, -0.2) is 19.0 Å². The van der Waals surface area contributed by atoms with Gasteiger partial charge in [-0.3, -0.25) is 9.36 Å². The number of aryl methyl sites for hydroxylation is 2. The van der Waals surface area contributed by atoms with Crippen LogP contribution in [0.3, 0.4) is 0 Å². The topological polar surface area (TPSA) is 68.2 Å². The summed E-state index contributed by atoms with van der Waals surface area (Å²) in [5, 5.41) is 0. The van der Waals surface area contributed by atoms with Crippen molar-refractivity contribution in [3.05, 3.63) is 63.8 Å². The molecule has 1 heterocycles. The van der Waals surface area contributed by atoms with E-state index in [0.29, 0.717) is 17.7 Å². The Kier molecular flexibility index (Phi) is 6.14. The summed E-state index contributed by atoms with van der Waals surface area (Å²) in [7, 11) is -3.63. The predicted octanol–water partition coefficient (Wildman–Crippen LogP) is 3.77. The molecule has 27 heavy (non-hydrogen) atoms. The summed E-state index contributed by atoms with van der Waals surface area (Å²) in [5.74, 6) is 0. The third-order valence-corrected chi connectivity index (χ3v) is 6.99. The summed E-state index contributed by atoms with van der Waals surface area (Å²) in [6.45, 7) is 4.52. The summed E-state index contributed by atoms with van der Waals surface area (Å²) in [6.07, 6.45) is 2.38. The van der Waals surface area contributed by atoms with E-state index in [1.165, 1.54) is 5.56 Å². The number of aromatic nitrogens is 1. The monoisotopic (exact) mass is 404 g/mol. The number of rotatable bonds is 8. The average molecular weight is 405 g/mol. The van der Waals surface area contributed by atoms with E-state index in [1.807, 2.05) is 44.2 Å². The lowest BCUT2D eigenvalue weighted by atomic mass is 10.1. The van der Waals surface area contributed by atoms with Crippen LogP contribution < -0.4 is 9.60 Å². The van der Waals surface area contributed by atoms with Gasteiger partial charge in [-0.25, -0.2) is 13.1 Å². The molecule has 0 spiro atoms. The molecule has 2 aromatic carbocycles. The molecular formula is C20H24N2O3S2. The molecule has 0 radical (unpaired) electrons. The summed E-state index contributed by atoms with van der Waals surface area (Å²) in [4.78, 5) is 12.3. The highest BCUT2D eigenvalue weighted by Gasteiger charge is 2.19. The number of nitrogens with one attached hydrogen (secondary N) is 1. The molecule has 0 unspecified atom stereocenters. The Morgan fingerprint density at radius 3 is 2.59 bits per heavy atom. The van der Waals surface area contributed by atoms with E-state index < -0.39 is 10.0 Å². The first-order valence-corrected chi connectivity index (χ1v) is 11.4. The summed E-state index contributed by atoms with van der Waals surface area (Å²) >= 11 is 1.09. The lowest BCUT2D eigenvalue weighted by molar-refractivity contribution is 0.547. The molecule has 1 atom stereocenters. The lowest BCUT2D eigenvalue weighted by Gasteiger charge is -2.14. The Bertz CT molecular complexity index is 1070. The molecule has 1 N–H and O–H groups in total. The molecule has 144 valence electrons. The number of benzene rings is 2. The number of fused-ring (bicyclic) bond motifs is 1. The fourth-order valence-electron chi connectivity index (χ4n) is 3.07. The van der Waals surface area contributed by atoms with Crippen molar-refractivity contribution in [1.82, 2.24) is 9.29 Å². The van der Waals surface area contributed by atoms with Crippen molar-refractivity contribution in [2.75, 3.05) is 0 Å². The van der Waals surface area contributed by atoms with E-state index >= 15 is 0 Å². The van der Waals surface area contributed by atoms with Gasteiger partial charge >= 0.3 is 4.87 Å². The van der Waals surface area contributed by atoms with Gasteiger partial charge in [0.25, 0.3) is 0 Å². The first-order chi connectivity index (χ1) is 12.9. The van der Waals surface area contributed by atoms with Gasteiger partial charge in [0.2, 0.25) is 10.0 Å². The molecule has 0 fully saturated rings. The zero-order chi connectivity index (χ0) is 19.4. The standard InChI is InChI=1S/C20H24N2O3S2/c1-3-13-22-18-12-11-17(14-19(18)26-20(22)23)27(24,25)21-15(2)9-10-16-7-5-4-6-8-16/h4-8,11-12,14-15,21H,3,9-10,13H2,1-2H3/t15-/m1/s1. The largest absolute Gasteiger partial charge is 0.308 e. The normalized spacial score (nSPS) is 13.1. The van der Waals surface area contributed by atoms with Gasteiger partial charge in [-0.2, -0.15) is 0 Å². The Labute approximate surface area is 163 Å². The molecule has 3 rings (SSSR count). The fourth-order valence-corrected chi connectivity index (χ4v) is 5.40. The second kappa shape index (κ2) is 8.37. The molecule has 7 heteroatoms. The van der Waals surface area contributed by atoms with Crippen LogP contribution in [0.15, 0.2) is 58.2 Å². The fraction of sp³-hybridized carbons (Fsp3) is 0.350. The van der Waals surface area contributed by atoms with Crippen LogP contribution in [0.25, 0.3) is 10.2 Å². The minimum absolute atomic E-state index is 0.0504. The molecule has 1 aromatic heterocycles. The highest BCUT2D eigenvalue weighted by Crippen LogP contribution is 2.22. The summed E-state index contributed by atoms with van der Waals surface area (Å²) < 4.78 is 30.6. The van der Waals surface area contributed by atoms with Crippen LogP contribution in [-0.2, 0) is 23.0 Å². The van der Waals surface area contributed by atoms with Crippen LogP contribution in [0.4, 0.5) is 0 Å². The van der Waals surface area contributed by atoms with E-state index in [1.54, 1.807) is 22.8 Å². The molecule has 5 nitrogen and oxygen atoms in total. The molecule has 0 saturated heterocycles. The van der Waals surface area contributed by atoms with Gasteiger partial charge in [0.1, 0.15) is 0 Å². The van der Waals surface area contributed by atoms with Crippen molar-refractivity contribution in [3.63, 3.8) is 0 Å². The van der Waals surface area contributed by atoms with Gasteiger partial charge in [-0.05, 0) is 49.9 Å². The van der Waals surface area contributed by atoms with Crippen molar-refractivity contribution in [3.8, 4) is 0 Å². The number of hydrogen-bond acceptors (Lipinski definition) is 4. The van der Waals surface area contributed by atoms with Crippen LogP contribution in [0.2, 0.25) is 0 Å². The van der Waals surface area contributed by atoms with Gasteiger partial charge in [-0.15, -0.1) is 0 Å². The molecular weight excluding hydrogens is 380 g/mol. The highest BCUT2D eigenvalue weighted by molar-refractivity contribution is 7.89. The maximum Gasteiger partial charge on any atom is 0.308 e. The van der Waals surface area contributed by atoms with Crippen molar-refractivity contribution in [2.24, 2.45) is 0 Å². The third-order valence-electron chi connectivity index (χ3n) is 4.46. The van der Waals surface area contributed by atoms with E-state index in [-0.39, 0.29) is 15.8 Å². The number of thiazole rings is 1. The number of hydrogen-bond donors (Lipinski definition) is 1. The first kappa shape index (κ1) is 19.8. The van der Waals surface area contributed by atoms with Crippen LogP contribution in [0.1, 0.15) is 32.3 Å². The van der Waals surface area contributed by atoms with Gasteiger partial charge in [0.15, 0.2) is 0 Å². The maximum atomic E-state index is 12.7. The second-order valence-electron chi connectivity index (χ2n) is 6.70. The van der Waals surface area contributed by atoms with Crippen LogP contribution >= 0.6 is 11.3 Å².